The molecule has 0 bridgehead atoms. The summed E-state index contributed by atoms with van der Waals surface area (Å²) in [6.45, 7) is 13.7. The molecule has 0 aliphatic carbocycles. The number of aromatic nitrogens is 2. The zero-order valence-electron chi connectivity index (χ0n) is 27.3. The number of allylic oxidation sites excluding steroid dienone is 1. The fourth-order valence-corrected chi connectivity index (χ4v) is 4.69. The normalized spacial score (nSPS) is 16.9. The SMILES string of the molecule is C=CCCC(CCNC=O)C(=O)N(C)CC=O.C=NC(=N/C(=N\CN1CCN(C)CC1)c1cnc(N)nc1C(F)F)N1CCOCC1. The Bertz CT molecular complexity index is 1220. The van der Waals surface area contributed by atoms with Gasteiger partial charge >= 0.3 is 0 Å². The van der Waals surface area contributed by atoms with E-state index in [1.165, 1.54) is 11.1 Å². The Morgan fingerprint density at radius 3 is 2.49 bits per heavy atom. The van der Waals surface area contributed by atoms with Gasteiger partial charge in [0.2, 0.25) is 24.2 Å². The summed E-state index contributed by atoms with van der Waals surface area (Å²) in [5, 5.41) is 2.53. The topological polar surface area (TPSA) is 174 Å². The highest BCUT2D eigenvalue weighted by Gasteiger charge is 2.23. The second-order valence-corrected chi connectivity index (χ2v) is 10.9. The third-order valence-corrected chi connectivity index (χ3v) is 7.46. The number of halogens is 2. The molecule has 3 N–H and O–H groups in total. The molecule has 1 unspecified atom stereocenters. The third kappa shape index (κ3) is 13.6. The van der Waals surface area contributed by atoms with Crippen LogP contribution in [0.15, 0.2) is 33.8 Å². The molecule has 1 atom stereocenters. The predicted molar refractivity (Wildman–Crippen MR) is 177 cm³/mol. The molecular weight excluding hydrogens is 616 g/mol. The Labute approximate surface area is 274 Å². The van der Waals surface area contributed by atoms with Crippen LogP contribution < -0.4 is 11.1 Å². The number of nitrogen functional groups attached to an aromatic ring is 1. The number of ether oxygens (including phenoxy) is 1. The number of alkyl halides is 2. The highest BCUT2D eigenvalue weighted by Crippen LogP contribution is 2.22. The van der Waals surface area contributed by atoms with Gasteiger partial charge in [0, 0.05) is 65.0 Å². The van der Waals surface area contributed by atoms with Crippen LogP contribution in [-0.4, -0.2) is 153 Å². The first kappa shape index (κ1) is 39.0. The number of aldehydes is 1. The van der Waals surface area contributed by atoms with Gasteiger partial charge in [-0.25, -0.2) is 23.7 Å². The van der Waals surface area contributed by atoms with Crippen LogP contribution in [0, 0.1) is 5.92 Å². The van der Waals surface area contributed by atoms with Gasteiger partial charge in [0.25, 0.3) is 6.43 Å². The number of amides is 2. The summed E-state index contributed by atoms with van der Waals surface area (Å²) < 4.78 is 32.7. The predicted octanol–water partition coefficient (Wildman–Crippen LogP) is 0.699. The number of amidine groups is 1. The first-order valence-corrected chi connectivity index (χ1v) is 15.4. The maximum Gasteiger partial charge on any atom is 0.281 e. The van der Waals surface area contributed by atoms with Gasteiger partial charge in [0.15, 0.2) is 5.84 Å². The van der Waals surface area contributed by atoms with E-state index in [1.54, 1.807) is 13.1 Å². The highest BCUT2D eigenvalue weighted by atomic mass is 19.3. The van der Waals surface area contributed by atoms with E-state index in [4.69, 9.17) is 10.5 Å². The van der Waals surface area contributed by atoms with E-state index in [1.807, 2.05) is 4.90 Å². The van der Waals surface area contributed by atoms with Crippen LogP contribution in [0.4, 0.5) is 14.7 Å². The summed E-state index contributed by atoms with van der Waals surface area (Å²) in [6.07, 6.45) is 3.46. The molecule has 0 aromatic carbocycles. The average Bonchev–Trinajstić information content (AvgIpc) is 3.08. The molecule has 1 aromatic rings. The van der Waals surface area contributed by atoms with Gasteiger partial charge < -0.3 is 35.3 Å². The van der Waals surface area contributed by atoms with Gasteiger partial charge in [-0.15, -0.1) is 6.58 Å². The van der Waals surface area contributed by atoms with Crippen molar-refractivity contribution in [3.63, 3.8) is 0 Å². The van der Waals surface area contributed by atoms with E-state index < -0.39 is 12.1 Å². The lowest BCUT2D eigenvalue weighted by Crippen LogP contribution is -2.44. The standard InChI is InChI=1S/C18H27F2N9O.C12H20N2O3/c1-22-18(29-7-9-30-10-8-29)26-16(24-12-28-5-3-27(2)4-6-28)13-11-23-17(21)25-14(13)15(19)20;1-3-4-5-11(6-7-13-10-16)12(17)14(2)8-9-15/h11,15H,1,3-10,12H2,2H3,(H2,21,23,25);3,9-11H,1,4-8H2,2H3,(H,13,16)/b24-16-,26-18?;. The van der Waals surface area contributed by atoms with Crippen molar-refractivity contribution in [1.82, 2.24) is 34.9 Å². The minimum Gasteiger partial charge on any atom is -0.378 e. The summed E-state index contributed by atoms with van der Waals surface area (Å²) in [7, 11) is 3.66. The summed E-state index contributed by atoms with van der Waals surface area (Å²) in [6, 6.07) is 0. The van der Waals surface area contributed by atoms with Crippen LogP contribution in [0.1, 0.15) is 36.9 Å². The van der Waals surface area contributed by atoms with Crippen molar-refractivity contribution in [3.05, 3.63) is 30.1 Å². The number of hydrogen-bond donors (Lipinski definition) is 2. The van der Waals surface area contributed by atoms with Crippen LogP contribution in [0.3, 0.4) is 0 Å². The number of carbonyl (C=O) groups is 3. The zero-order valence-corrected chi connectivity index (χ0v) is 27.3. The summed E-state index contributed by atoms with van der Waals surface area (Å²) in [5.74, 6) is -0.0886. The third-order valence-electron chi connectivity index (χ3n) is 7.46. The number of guanidine groups is 1. The summed E-state index contributed by atoms with van der Waals surface area (Å²) >= 11 is 0. The number of likely N-dealkylation sites (N-methyl/N-ethyl adjacent to an activating group) is 2. The molecule has 2 aliphatic heterocycles. The number of nitrogens with two attached hydrogens (primary N) is 1. The first-order chi connectivity index (χ1) is 22.6. The van der Waals surface area contributed by atoms with Gasteiger partial charge in [0.1, 0.15) is 12.0 Å². The lowest BCUT2D eigenvalue weighted by molar-refractivity contribution is -0.136. The molecule has 3 rings (SSSR count). The average molecular weight is 664 g/mol. The molecule has 2 aliphatic rings. The van der Waals surface area contributed by atoms with E-state index >= 15 is 0 Å². The maximum atomic E-state index is 13.7. The molecule has 1 aromatic heterocycles. The van der Waals surface area contributed by atoms with Gasteiger partial charge in [-0.05, 0) is 33.0 Å². The number of carbonyl (C=O) groups excluding carboxylic acids is 3. The molecule has 15 nitrogen and oxygen atoms in total. The molecule has 0 spiro atoms. The number of morpholine rings is 1. The van der Waals surface area contributed by atoms with Crippen molar-refractivity contribution in [3.8, 4) is 0 Å². The second-order valence-electron chi connectivity index (χ2n) is 10.9. The number of nitrogens with zero attached hydrogens (tertiary/aromatic N) is 9. The maximum absolute atomic E-state index is 13.7. The van der Waals surface area contributed by atoms with E-state index in [2.05, 4.69) is 60.4 Å². The van der Waals surface area contributed by atoms with E-state index in [0.717, 1.165) is 32.6 Å². The van der Waals surface area contributed by atoms with Gasteiger partial charge in [0.05, 0.1) is 32.0 Å². The molecule has 260 valence electrons. The first-order valence-electron chi connectivity index (χ1n) is 15.4. The molecule has 0 saturated carbocycles. The van der Waals surface area contributed by atoms with Gasteiger partial charge in [-0.3, -0.25) is 19.5 Å². The van der Waals surface area contributed by atoms with Crippen molar-refractivity contribution in [1.29, 1.82) is 0 Å². The zero-order chi connectivity index (χ0) is 34.6. The largest absolute Gasteiger partial charge is 0.378 e. The molecule has 47 heavy (non-hydrogen) atoms. The lowest BCUT2D eigenvalue weighted by Gasteiger charge is -2.31. The monoisotopic (exact) mass is 663 g/mol. The Morgan fingerprint density at radius 1 is 1.19 bits per heavy atom. The highest BCUT2D eigenvalue weighted by molar-refractivity contribution is 6.07. The van der Waals surface area contributed by atoms with Crippen LogP contribution in [0.2, 0.25) is 0 Å². The number of rotatable bonds is 14. The van der Waals surface area contributed by atoms with E-state index in [9.17, 15) is 23.2 Å². The molecular formula is C30H47F2N11O4. The number of hydrogen-bond acceptors (Lipinski definition) is 10. The number of anilines is 1. The molecule has 3 heterocycles. The Hall–Kier alpha value is -4.22. The van der Waals surface area contributed by atoms with Crippen molar-refractivity contribution >= 4 is 43.1 Å². The smallest absolute Gasteiger partial charge is 0.281 e. The summed E-state index contributed by atoms with van der Waals surface area (Å²) in [5.41, 5.74) is 5.04. The fraction of sp³-hybridized carbons (Fsp3) is 0.600. The van der Waals surface area contributed by atoms with Crippen molar-refractivity contribution in [2.45, 2.75) is 25.7 Å². The van der Waals surface area contributed by atoms with Crippen LogP contribution in [-0.2, 0) is 19.1 Å². The Morgan fingerprint density at radius 2 is 1.89 bits per heavy atom. The minimum atomic E-state index is -2.85. The van der Waals surface area contributed by atoms with Crippen molar-refractivity contribution in [2.24, 2.45) is 20.9 Å². The molecule has 2 saturated heterocycles. The van der Waals surface area contributed by atoms with Gasteiger partial charge in [-0.1, -0.05) is 6.08 Å². The Kier molecular flexibility index (Phi) is 17.9. The van der Waals surface area contributed by atoms with Crippen molar-refractivity contribution < 1.29 is 27.9 Å². The quantitative estimate of drug-likeness (QED) is 0.0948. The van der Waals surface area contributed by atoms with Crippen LogP contribution in [0.5, 0.6) is 0 Å². The van der Waals surface area contributed by atoms with E-state index in [-0.39, 0.29) is 35.7 Å². The lowest BCUT2D eigenvalue weighted by atomic mass is 9.97. The van der Waals surface area contributed by atoms with Crippen molar-refractivity contribution in [2.75, 3.05) is 92.1 Å². The van der Waals surface area contributed by atoms with Crippen LogP contribution >= 0.6 is 0 Å². The summed E-state index contributed by atoms with van der Waals surface area (Å²) in [4.78, 5) is 60.7. The second kappa shape index (κ2) is 21.6. The molecule has 17 heteroatoms. The fourth-order valence-electron chi connectivity index (χ4n) is 4.69. The van der Waals surface area contributed by atoms with E-state index in [0.29, 0.717) is 71.0 Å². The van der Waals surface area contributed by atoms with Gasteiger partial charge in [-0.2, -0.15) is 4.99 Å². The number of piperazine rings is 1. The molecule has 2 amide bonds. The number of aliphatic imine (C=N–C) groups is 3. The molecule has 0 radical (unpaired) electrons. The van der Waals surface area contributed by atoms with Crippen LogP contribution in [0.25, 0.3) is 0 Å². The minimum absolute atomic E-state index is 0.0303. The number of nitrogens with one attached hydrogen (secondary N) is 1. The molecule has 2 fully saturated rings. The Balaban J connectivity index is 0.000000387.